The molecule has 9 heteroatoms. The molecule has 0 atom stereocenters. The Hall–Kier alpha value is -3.17. The van der Waals surface area contributed by atoms with E-state index in [1.165, 1.54) is 17.4 Å². The summed E-state index contributed by atoms with van der Waals surface area (Å²) in [5.74, 6) is 1.04. The Morgan fingerprint density at radius 3 is 2.57 bits per heavy atom. The molecule has 7 nitrogen and oxygen atoms in total. The van der Waals surface area contributed by atoms with Crippen molar-refractivity contribution in [1.29, 1.82) is 0 Å². The quantitative estimate of drug-likeness (QED) is 0.488. The van der Waals surface area contributed by atoms with Crippen LogP contribution in [-0.4, -0.2) is 23.6 Å². The maximum atomic E-state index is 13.1. The van der Waals surface area contributed by atoms with Crippen LogP contribution in [0.5, 0.6) is 11.5 Å². The second-order valence-electron chi connectivity index (χ2n) is 5.88. The molecule has 0 spiro atoms. The summed E-state index contributed by atoms with van der Waals surface area (Å²) in [6.07, 6.45) is 1.60. The molecule has 0 aliphatic heterocycles. The van der Waals surface area contributed by atoms with Gasteiger partial charge in [-0.05, 0) is 37.3 Å². The number of rotatable bonds is 6. The molecule has 2 heterocycles. The summed E-state index contributed by atoms with van der Waals surface area (Å²) in [6.45, 7) is 1.80. The predicted molar refractivity (Wildman–Crippen MR) is 108 cm³/mol. The van der Waals surface area contributed by atoms with E-state index in [4.69, 9.17) is 4.74 Å². The van der Waals surface area contributed by atoms with Crippen molar-refractivity contribution < 1.29 is 13.2 Å². The standard InChI is InChI=1S/C19H16N4O3S2/c1-13-19(20-12-27-13)23-28(24,25)17-9-5-8-15(16-10-11-21-22-16)18(17)26-14-6-3-2-4-7-14/h2-12,23H,1H3,(H,21,22). The third-order valence-electron chi connectivity index (χ3n) is 4.00. The topological polar surface area (TPSA) is 97.0 Å². The van der Waals surface area contributed by atoms with Gasteiger partial charge in [0.1, 0.15) is 10.6 Å². The largest absolute Gasteiger partial charge is 0.455 e. The van der Waals surface area contributed by atoms with Gasteiger partial charge in [0.15, 0.2) is 11.6 Å². The summed E-state index contributed by atoms with van der Waals surface area (Å²) in [6, 6.07) is 15.7. The predicted octanol–water partition coefficient (Wildman–Crippen LogP) is 4.43. The fraction of sp³-hybridized carbons (Fsp3) is 0.0526. The number of anilines is 1. The molecular weight excluding hydrogens is 396 g/mol. The zero-order valence-electron chi connectivity index (χ0n) is 14.8. The van der Waals surface area contributed by atoms with E-state index in [-0.39, 0.29) is 10.6 Å². The Morgan fingerprint density at radius 2 is 1.89 bits per heavy atom. The first kappa shape index (κ1) is 18.2. The van der Waals surface area contributed by atoms with Crippen molar-refractivity contribution in [1.82, 2.24) is 15.2 Å². The number of nitrogens with zero attached hydrogens (tertiary/aromatic N) is 2. The second kappa shape index (κ2) is 7.45. The van der Waals surface area contributed by atoms with Crippen molar-refractivity contribution in [3.8, 4) is 22.8 Å². The fourth-order valence-corrected chi connectivity index (χ4v) is 4.46. The maximum absolute atomic E-state index is 13.1. The number of aromatic amines is 1. The smallest absolute Gasteiger partial charge is 0.266 e. The number of aryl methyl sites for hydroxylation is 1. The summed E-state index contributed by atoms with van der Waals surface area (Å²) in [5.41, 5.74) is 2.82. The minimum atomic E-state index is -3.94. The number of sulfonamides is 1. The highest BCUT2D eigenvalue weighted by Crippen LogP contribution is 2.38. The third kappa shape index (κ3) is 3.62. The van der Waals surface area contributed by atoms with E-state index in [0.29, 0.717) is 22.8 Å². The number of thiazole rings is 1. The van der Waals surface area contributed by atoms with Crippen LogP contribution >= 0.6 is 11.3 Å². The van der Waals surface area contributed by atoms with Gasteiger partial charge in [0.2, 0.25) is 0 Å². The number of hydrogen-bond acceptors (Lipinski definition) is 6. The van der Waals surface area contributed by atoms with Gasteiger partial charge in [0.05, 0.1) is 11.2 Å². The normalized spacial score (nSPS) is 11.3. The molecule has 4 rings (SSSR count). The number of ether oxygens (including phenoxy) is 1. The second-order valence-corrected chi connectivity index (χ2v) is 8.59. The number of nitrogens with one attached hydrogen (secondary N) is 2. The van der Waals surface area contributed by atoms with Gasteiger partial charge >= 0.3 is 0 Å². The Labute approximate surface area is 166 Å². The number of hydrogen-bond donors (Lipinski definition) is 2. The lowest BCUT2D eigenvalue weighted by atomic mass is 10.1. The highest BCUT2D eigenvalue weighted by Gasteiger charge is 2.25. The highest BCUT2D eigenvalue weighted by atomic mass is 32.2. The van der Waals surface area contributed by atoms with Gasteiger partial charge in [-0.15, -0.1) is 11.3 Å². The van der Waals surface area contributed by atoms with Gasteiger partial charge in [-0.25, -0.2) is 13.4 Å². The van der Waals surface area contributed by atoms with Crippen LogP contribution < -0.4 is 9.46 Å². The van der Waals surface area contributed by atoms with Crippen molar-refractivity contribution in [2.24, 2.45) is 0 Å². The Bertz CT molecular complexity index is 1190. The van der Waals surface area contributed by atoms with E-state index in [1.807, 2.05) is 18.2 Å². The molecule has 0 fully saturated rings. The average molecular weight is 412 g/mol. The average Bonchev–Trinajstić information content (AvgIpc) is 3.35. The van der Waals surface area contributed by atoms with Crippen LogP contribution in [0.4, 0.5) is 5.82 Å². The first-order chi connectivity index (χ1) is 13.5. The van der Waals surface area contributed by atoms with Gasteiger partial charge < -0.3 is 4.74 Å². The molecule has 2 aromatic heterocycles. The zero-order chi connectivity index (χ0) is 19.6. The molecule has 0 bridgehead atoms. The number of H-pyrrole nitrogens is 1. The van der Waals surface area contributed by atoms with Crippen molar-refractivity contribution >= 4 is 27.2 Å². The van der Waals surface area contributed by atoms with Crippen molar-refractivity contribution in [2.75, 3.05) is 4.72 Å². The van der Waals surface area contributed by atoms with E-state index in [2.05, 4.69) is 19.9 Å². The number of benzene rings is 2. The lowest BCUT2D eigenvalue weighted by molar-refractivity contribution is 0.469. The third-order valence-corrected chi connectivity index (χ3v) is 6.12. The van der Waals surface area contributed by atoms with Crippen LogP contribution in [0.25, 0.3) is 11.3 Å². The van der Waals surface area contributed by atoms with E-state index in [1.54, 1.807) is 49.0 Å². The van der Waals surface area contributed by atoms with Crippen molar-refractivity contribution in [3.05, 3.63) is 71.2 Å². The Morgan fingerprint density at radius 1 is 1.07 bits per heavy atom. The molecule has 0 saturated heterocycles. The summed E-state index contributed by atoms with van der Waals surface area (Å²) in [4.78, 5) is 4.87. The number of para-hydroxylation sites is 2. The molecule has 0 unspecified atom stereocenters. The van der Waals surface area contributed by atoms with E-state index in [9.17, 15) is 8.42 Å². The van der Waals surface area contributed by atoms with Gasteiger partial charge in [0, 0.05) is 16.6 Å². The molecule has 0 aliphatic carbocycles. The summed E-state index contributed by atoms with van der Waals surface area (Å²) >= 11 is 1.37. The summed E-state index contributed by atoms with van der Waals surface area (Å²) in [7, 11) is -3.94. The Kier molecular flexibility index (Phi) is 4.84. The van der Waals surface area contributed by atoms with Crippen LogP contribution in [0, 0.1) is 6.92 Å². The summed E-state index contributed by atoms with van der Waals surface area (Å²) < 4.78 is 34.8. The molecule has 142 valence electrons. The zero-order valence-corrected chi connectivity index (χ0v) is 16.4. The Balaban J connectivity index is 1.84. The fourth-order valence-electron chi connectivity index (χ4n) is 2.64. The first-order valence-corrected chi connectivity index (χ1v) is 10.7. The molecule has 0 saturated carbocycles. The van der Waals surface area contributed by atoms with Gasteiger partial charge in [0.25, 0.3) is 10.0 Å². The van der Waals surface area contributed by atoms with E-state index >= 15 is 0 Å². The first-order valence-electron chi connectivity index (χ1n) is 8.33. The van der Waals surface area contributed by atoms with Crippen LogP contribution in [-0.2, 0) is 10.0 Å². The van der Waals surface area contributed by atoms with Crippen LogP contribution in [0.15, 0.2) is 71.2 Å². The number of aromatic nitrogens is 3. The minimum Gasteiger partial charge on any atom is -0.455 e. The van der Waals surface area contributed by atoms with Gasteiger partial charge in [-0.3, -0.25) is 9.82 Å². The van der Waals surface area contributed by atoms with Gasteiger partial charge in [-0.2, -0.15) is 5.10 Å². The van der Waals surface area contributed by atoms with Crippen molar-refractivity contribution in [2.45, 2.75) is 11.8 Å². The minimum absolute atomic E-state index is 0.0100. The van der Waals surface area contributed by atoms with Crippen molar-refractivity contribution in [3.63, 3.8) is 0 Å². The summed E-state index contributed by atoms with van der Waals surface area (Å²) in [5, 5.41) is 6.81. The SMILES string of the molecule is Cc1scnc1NS(=O)(=O)c1cccc(-c2ccn[nH]2)c1Oc1ccccc1. The van der Waals surface area contributed by atoms with E-state index < -0.39 is 10.0 Å². The maximum Gasteiger partial charge on any atom is 0.266 e. The highest BCUT2D eigenvalue weighted by molar-refractivity contribution is 7.92. The monoisotopic (exact) mass is 412 g/mol. The lowest BCUT2D eigenvalue weighted by Crippen LogP contribution is -2.15. The molecule has 0 amide bonds. The van der Waals surface area contributed by atoms with Crippen LogP contribution in [0.1, 0.15) is 4.88 Å². The van der Waals surface area contributed by atoms with E-state index in [0.717, 1.165) is 4.88 Å². The van der Waals surface area contributed by atoms with Crippen LogP contribution in [0.2, 0.25) is 0 Å². The molecule has 2 aromatic carbocycles. The van der Waals surface area contributed by atoms with Gasteiger partial charge in [-0.1, -0.05) is 24.3 Å². The molecular formula is C19H16N4O3S2. The molecule has 28 heavy (non-hydrogen) atoms. The molecule has 4 aromatic rings. The lowest BCUT2D eigenvalue weighted by Gasteiger charge is -2.16. The molecule has 0 aliphatic rings. The molecule has 0 radical (unpaired) electrons. The van der Waals surface area contributed by atoms with Crippen LogP contribution in [0.3, 0.4) is 0 Å². The molecule has 2 N–H and O–H groups in total.